The van der Waals surface area contributed by atoms with E-state index in [1.54, 1.807) is 7.11 Å². The molecule has 0 saturated heterocycles. The van der Waals surface area contributed by atoms with E-state index in [0.29, 0.717) is 13.2 Å². The van der Waals surface area contributed by atoms with Crippen molar-refractivity contribution in [2.75, 3.05) is 20.3 Å². The van der Waals surface area contributed by atoms with E-state index in [0.717, 1.165) is 17.0 Å². The summed E-state index contributed by atoms with van der Waals surface area (Å²) in [6.07, 6.45) is 1.49. The Morgan fingerprint density at radius 2 is 2.00 bits per heavy atom. The molecular weight excluding hydrogens is 346 g/mol. The van der Waals surface area contributed by atoms with Crippen LogP contribution in [0.25, 0.3) is 6.08 Å². The monoisotopic (exact) mass is 375 g/mol. The van der Waals surface area contributed by atoms with Crippen LogP contribution in [-0.4, -0.2) is 42.8 Å². The maximum Gasteiger partial charge on any atom is 0.349 e. The molecule has 0 spiro atoms. The summed E-state index contributed by atoms with van der Waals surface area (Å²) in [5.41, 5.74) is 2.54. The molecule has 0 aliphatic rings. The van der Waals surface area contributed by atoms with Crippen molar-refractivity contribution < 1.29 is 19.1 Å². The Balaban J connectivity index is 2.81. The normalized spacial score (nSPS) is 12.6. The first kappa shape index (κ1) is 22.5. The highest BCUT2D eigenvalue weighted by molar-refractivity contribution is 5.99. The van der Waals surface area contributed by atoms with Gasteiger partial charge in [0.15, 0.2) is 6.61 Å². The smallest absolute Gasteiger partial charge is 0.349 e. The molecule has 0 radical (unpaired) electrons. The van der Waals surface area contributed by atoms with Gasteiger partial charge in [-0.2, -0.15) is 5.26 Å². The van der Waals surface area contributed by atoms with Crippen LogP contribution >= 0.6 is 0 Å². The Bertz CT molecular complexity index is 741. The van der Waals surface area contributed by atoms with Crippen LogP contribution in [0, 0.1) is 31.1 Å². The predicted octanol–water partition coefficient (Wildman–Crippen LogP) is 2.36. The van der Waals surface area contributed by atoms with E-state index in [4.69, 9.17) is 9.47 Å². The first-order valence-electron chi connectivity index (χ1n) is 8.95. The molecule has 0 aromatic carbocycles. The van der Waals surface area contributed by atoms with Crippen molar-refractivity contribution >= 4 is 18.0 Å². The fourth-order valence-electron chi connectivity index (χ4n) is 2.46. The summed E-state index contributed by atoms with van der Waals surface area (Å²) in [5, 5.41) is 12.1. The number of esters is 1. The molecule has 1 heterocycles. The number of carbonyl (C=O) groups excluding carboxylic acids is 2. The lowest BCUT2D eigenvalue weighted by molar-refractivity contribution is -0.144. The van der Waals surface area contributed by atoms with E-state index in [2.05, 4.69) is 9.88 Å². The summed E-state index contributed by atoms with van der Waals surface area (Å²) in [7, 11) is 1.64. The number of nitrogens with zero attached hydrogens (tertiary/aromatic N) is 2. The van der Waals surface area contributed by atoms with Crippen molar-refractivity contribution in [1.29, 1.82) is 5.26 Å². The number of aryl methyl sites for hydroxylation is 1. The molecule has 0 unspecified atom stereocenters. The van der Waals surface area contributed by atoms with Crippen molar-refractivity contribution in [3.05, 3.63) is 28.6 Å². The van der Waals surface area contributed by atoms with E-state index in [-0.39, 0.29) is 23.4 Å². The molecule has 1 rings (SSSR count). The van der Waals surface area contributed by atoms with Gasteiger partial charge in [-0.3, -0.25) is 4.79 Å². The SMILES string of the molecule is COCCn1c(C)cc(/C=C(\C#N)C(=O)OCC(=O)N[C@H](C)C(C)C)c1C. The van der Waals surface area contributed by atoms with Gasteiger partial charge in [-0.05, 0) is 44.4 Å². The first-order valence-corrected chi connectivity index (χ1v) is 8.95. The highest BCUT2D eigenvalue weighted by atomic mass is 16.5. The Morgan fingerprint density at radius 1 is 1.33 bits per heavy atom. The largest absolute Gasteiger partial charge is 0.451 e. The van der Waals surface area contributed by atoms with E-state index >= 15 is 0 Å². The van der Waals surface area contributed by atoms with Crippen LogP contribution in [0.2, 0.25) is 0 Å². The minimum absolute atomic E-state index is 0.0281. The zero-order chi connectivity index (χ0) is 20.6. The van der Waals surface area contributed by atoms with Crippen molar-refractivity contribution in [2.45, 2.75) is 47.2 Å². The molecule has 1 atom stereocenters. The third kappa shape index (κ3) is 6.57. The molecule has 27 heavy (non-hydrogen) atoms. The van der Waals surface area contributed by atoms with Gasteiger partial charge in [0.05, 0.1) is 6.61 Å². The van der Waals surface area contributed by atoms with Crippen LogP contribution < -0.4 is 5.32 Å². The molecule has 148 valence electrons. The van der Waals surface area contributed by atoms with Crippen molar-refractivity contribution in [1.82, 2.24) is 9.88 Å². The van der Waals surface area contributed by atoms with Gasteiger partial charge in [0.2, 0.25) is 0 Å². The van der Waals surface area contributed by atoms with Gasteiger partial charge < -0.3 is 19.4 Å². The zero-order valence-electron chi connectivity index (χ0n) is 17.0. The molecule has 1 aromatic heterocycles. The molecule has 1 N–H and O–H groups in total. The fraction of sp³-hybridized carbons (Fsp3) is 0.550. The van der Waals surface area contributed by atoms with Gasteiger partial charge in [-0.15, -0.1) is 0 Å². The van der Waals surface area contributed by atoms with E-state index in [9.17, 15) is 14.9 Å². The van der Waals surface area contributed by atoms with Crippen molar-refractivity contribution in [3.8, 4) is 6.07 Å². The van der Waals surface area contributed by atoms with Crippen LogP contribution in [0.5, 0.6) is 0 Å². The van der Waals surface area contributed by atoms with E-state index < -0.39 is 12.6 Å². The van der Waals surface area contributed by atoms with Gasteiger partial charge in [0.25, 0.3) is 5.91 Å². The quantitative estimate of drug-likeness (QED) is 0.406. The number of carbonyl (C=O) groups is 2. The lowest BCUT2D eigenvalue weighted by Gasteiger charge is -2.17. The molecule has 0 aliphatic carbocycles. The third-order valence-corrected chi connectivity index (χ3v) is 4.50. The molecule has 0 saturated carbocycles. The van der Waals surface area contributed by atoms with Crippen molar-refractivity contribution in [3.63, 3.8) is 0 Å². The third-order valence-electron chi connectivity index (χ3n) is 4.50. The van der Waals surface area contributed by atoms with Gasteiger partial charge in [-0.1, -0.05) is 13.8 Å². The number of amides is 1. The lowest BCUT2D eigenvalue weighted by Crippen LogP contribution is -2.38. The number of ether oxygens (including phenoxy) is 2. The molecular formula is C20H29N3O4. The zero-order valence-corrected chi connectivity index (χ0v) is 17.0. The molecule has 1 aromatic rings. The number of nitrogens with one attached hydrogen (secondary N) is 1. The van der Waals surface area contributed by atoms with E-state index in [1.165, 1.54) is 6.08 Å². The number of hydrogen-bond acceptors (Lipinski definition) is 5. The second-order valence-corrected chi connectivity index (χ2v) is 6.82. The number of rotatable bonds is 9. The topological polar surface area (TPSA) is 93.3 Å². The summed E-state index contributed by atoms with van der Waals surface area (Å²) in [6, 6.07) is 3.72. The summed E-state index contributed by atoms with van der Waals surface area (Å²) in [4.78, 5) is 24.0. The number of hydrogen-bond donors (Lipinski definition) is 1. The van der Waals surface area contributed by atoms with Crippen LogP contribution in [-0.2, 0) is 25.6 Å². The summed E-state index contributed by atoms with van der Waals surface area (Å²) in [5.74, 6) is -0.932. The summed E-state index contributed by atoms with van der Waals surface area (Å²) >= 11 is 0. The summed E-state index contributed by atoms with van der Waals surface area (Å²) in [6.45, 7) is 10.5. The minimum atomic E-state index is -0.813. The molecule has 0 aliphatic heterocycles. The molecule has 7 heteroatoms. The minimum Gasteiger partial charge on any atom is -0.451 e. The van der Waals surface area contributed by atoms with Crippen LogP contribution in [0.15, 0.2) is 11.6 Å². The maximum absolute atomic E-state index is 12.2. The average molecular weight is 375 g/mol. The van der Waals surface area contributed by atoms with Gasteiger partial charge in [0.1, 0.15) is 11.6 Å². The standard InChI is InChI=1S/C20H29N3O4/c1-13(2)15(4)22-19(24)12-27-20(25)18(11-21)10-17-9-14(3)23(16(17)5)7-8-26-6/h9-10,13,15H,7-8,12H2,1-6H3,(H,22,24)/b18-10+/t15-/m1/s1. The van der Waals surface area contributed by atoms with Gasteiger partial charge in [0, 0.05) is 31.1 Å². The highest BCUT2D eigenvalue weighted by Crippen LogP contribution is 2.18. The van der Waals surface area contributed by atoms with Crippen LogP contribution in [0.4, 0.5) is 0 Å². The highest BCUT2D eigenvalue weighted by Gasteiger charge is 2.17. The molecule has 0 bridgehead atoms. The Hall–Kier alpha value is -2.59. The number of nitriles is 1. The molecule has 1 amide bonds. The van der Waals surface area contributed by atoms with Gasteiger partial charge in [-0.25, -0.2) is 4.79 Å². The van der Waals surface area contributed by atoms with E-state index in [1.807, 2.05) is 46.8 Å². The maximum atomic E-state index is 12.2. The van der Waals surface area contributed by atoms with Gasteiger partial charge >= 0.3 is 5.97 Å². The van der Waals surface area contributed by atoms with Crippen molar-refractivity contribution in [2.24, 2.45) is 5.92 Å². The Morgan fingerprint density at radius 3 is 2.56 bits per heavy atom. The van der Waals surface area contributed by atoms with Crippen LogP contribution in [0.1, 0.15) is 37.7 Å². The molecule has 7 nitrogen and oxygen atoms in total. The Kier molecular flexibility index (Phi) is 8.76. The molecule has 0 fully saturated rings. The average Bonchev–Trinajstić information content (AvgIpc) is 2.88. The Labute approximate surface area is 160 Å². The first-order chi connectivity index (χ1) is 12.7. The summed E-state index contributed by atoms with van der Waals surface area (Å²) < 4.78 is 12.1. The lowest BCUT2D eigenvalue weighted by atomic mass is 10.1. The predicted molar refractivity (Wildman–Crippen MR) is 103 cm³/mol. The number of methoxy groups -OCH3 is 1. The second kappa shape index (κ2) is 10.5. The van der Waals surface area contributed by atoms with Crippen LogP contribution in [0.3, 0.4) is 0 Å². The fourth-order valence-corrected chi connectivity index (χ4v) is 2.46. The number of aromatic nitrogens is 1. The second-order valence-electron chi connectivity index (χ2n) is 6.82.